The first-order valence-electron chi connectivity index (χ1n) is 12.6. The van der Waals surface area contributed by atoms with Crippen molar-refractivity contribution >= 4 is 21.5 Å². The number of hydrogen-bond donors (Lipinski definition) is 1. The summed E-state index contributed by atoms with van der Waals surface area (Å²) in [5, 5.41) is 8.24. The Bertz CT molecular complexity index is 1510. The van der Waals surface area contributed by atoms with Crippen LogP contribution in [0.4, 0.5) is 5.82 Å². The monoisotopic (exact) mass is 521 g/mol. The summed E-state index contributed by atoms with van der Waals surface area (Å²) in [6.45, 7) is 11.4. The molecule has 0 bridgehead atoms. The van der Waals surface area contributed by atoms with Gasteiger partial charge in [0.1, 0.15) is 10.6 Å². The van der Waals surface area contributed by atoms with Crippen molar-refractivity contribution in [1.29, 1.82) is 0 Å². The van der Waals surface area contributed by atoms with E-state index in [4.69, 9.17) is 14.8 Å². The molecule has 0 saturated heterocycles. The third kappa shape index (κ3) is 5.33. The molecule has 0 aliphatic heterocycles. The number of sulfonamides is 1. The van der Waals surface area contributed by atoms with Crippen LogP contribution in [0.1, 0.15) is 50.3 Å². The van der Waals surface area contributed by atoms with Crippen molar-refractivity contribution in [3.05, 3.63) is 71.4 Å². The van der Waals surface area contributed by atoms with Gasteiger partial charge in [0.25, 0.3) is 0 Å². The van der Waals surface area contributed by atoms with E-state index in [0.29, 0.717) is 36.6 Å². The molecule has 2 aromatic carbocycles. The second kappa shape index (κ2) is 10.9. The number of aromatic nitrogens is 3. The Kier molecular flexibility index (Phi) is 7.85. The molecule has 2 aromatic heterocycles. The third-order valence-electron chi connectivity index (χ3n) is 6.42. The zero-order valence-corrected chi connectivity index (χ0v) is 23.1. The van der Waals surface area contributed by atoms with Gasteiger partial charge in [0.2, 0.25) is 10.0 Å². The molecule has 196 valence electrons. The van der Waals surface area contributed by atoms with Gasteiger partial charge in [0.15, 0.2) is 11.5 Å². The quantitative estimate of drug-likeness (QED) is 0.297. The van der Waals surface area contributed by atoms with Crippen LogP contribution in [0.3, 0.4) is 0 Å². The zero-order chi connectivity index (χ0) is 26.7. The predicted molar refractivity (Wildman–Crippen MR) is 148 cm³/mol. The van der Waals surface area contributed by atoms with Crippen LogP contribution in [-0.4, -0.2) is 47.5 Å². The molecule has 4 rings (SSSR count). The van der Waals surface area contributed by atoms with Gasteiger partial charge in [-0.25, -0.2) is 17.9 Å². The fraction of sp³-hybridized carbons (Fsp3) is 0.357. The number of anilines is 1. The second-order valence-electron chi connectivity index (χ2n) is 9.30. The van der Waals surface area contributed by atoms with Crippen LogP contribution >= 0.6 is 0 Å². The first-order valence-corrected chi connectivity index (χ1v) is 14.0. The van der Waals surface area contributed by atoms with E-state index >= 15 is 0 Å². The van der Waals surface area contributed by atoms with Gasteiger partial charge in [0.05, 0.1) is 12.8 Å². The van der Waals surface area contributed by atoms with Crippen LogP contribution in [0.25, 0.3) is 16.9 Å². The Morgan fingerprint density at radius 1 is 1.08 bits per heavy atom. The second-order valence-corrected chi connectivity index (χ2v) is 11.2. The molecular weight excluding hydrogens is 486 g/mol. The van der Waals surface area contributed by atoms with Crippen LogP contribution < -0.4 is 10.1 Å². The maximum atomic E-state index is 13.3. The fourth-order valence-electron chi connectivity index (χ4n) is 4.52. The summed E-state index contributed by atoms with van der Waals surface area (Å²) in [7, 11) is -2.24. The summed E-state index contributed by atoms with van der Waals surface area (Å²) in [6, 6.07) is 15.4. The van der Waals surface area contributed by atoms with Crippen molar-refractivity contribution in [3.63, 3.8) is 0 Å². The Morgan fingerprint density at radius 2 is 1.84 bits per heavy atom. The van der Waals surface area contributed by atoms with Gasteiger partial charge in [-0.1, -0.05) is 57.5 Å². The maximum absolute atomic E-state index is 13.3. The minimum Gasteiger partial charge on any atom is -0.495 e. The number of hydrogen-bond acceptors (Lipinski definition) is 6. The highest BCUT2D eigenvalue weighted by Crippen LogP contribution is 2.33. The molecule has 0 aliphatic rings. The highest BCUT2D eigenvalue weighted by Gasteiger charge is 2.26. The molecular formula is C28H35N5O3S. The molecule has 2 heterocycles. The molecule has 0 unspecified atom stereocenters. The van der Waals surface area contributed by atoms with E-state index in [0.717, 1.165) is 17.0 Å². The number of nitrogens with zero attached hydrogens (tertiary/aromatic N) is 4. The number of methoxy groups -OCH3 is 1. The van der Waals surface area contributed by atoms with Crippen LogP contribution in [0.2, 0.25) is 0 Å². The molecule has 37 heavy (non-hydrogen) atoms. The summed E-state index contributed by atoms with van der Waals surface area (Å²) >= 11 is 0. The Balaban J connectivity index is 1.76. The van der Waals surface area contributed by atoms with Gasteiger partial charge in [-0.15, -0.1) is 5.10 Å². The Morgan fingerprint density at radius 3 is 2.49 bits per heavy atom. The minimum absolute atomic E-state index is 0.135. The van der Waals surface area contributed by atoms with E-state index in [1.54, 1.807) is 16.6 Å². The highest BCUT2D eigenvalue weighted by molar-refractivity contribution is 7.89. The maximum Gasteiger partial charge on any atom is 0.246 e. The van der Waals surface area contributed by atoms with E-state index in [1.165, 1.54) is 22.5 Å². The van der Waals surface area contributed by atoms with Gasteiger partial charge in [-0.05, 0) is 42.7 Å². The van der Waals surface area contributed by atoms with Crippen molar-refractivity contribution < 1.29 is 13.2 Å². The smallest absolute Gasteiger partial charge is 0.246 e. The molecule has 8 nitrogen and oxygen atoms in total. The molecule has 0 spiro atoms. The lowest BCUT2D eigenvalue weighted by Gasteiger charge is -2.20. The minimum atomic E-state index is -3.72. The fourth-order valence-corrected chi connectivity index (χ4v) is 6.16. The summed E-state index contributed by atoms with van der Waals surface area (Å²) in [5.74, 6) is 1.28. The normalized spacial score (nSPS) is 12.0. The molecule has 0 radical (unpaired) electrons. The lowest BCUT2D eigenvalue weighted by atomic mass is 10.1. The van der Waals surface area contributed by atoms with Crippen LogP contribution in [-0.2, 0) is 16.6 Å². The average molecular weight is 522 g/mol. The van der Waals surface area contributed by atoms with Gasteiger partial charge >= 0.3 is 0 Å². The molecule has 0 amide bonds. The van der Waals surface area contributed by atoms with Gasteiger partial charge in [-0.2, -0.15) is 4.31 Å². The summed E-state index contributed by atoms with van der Waals surface area (Å²) in [4.78, 5) is 5.07. The molecule has 0 atom stereocenters. The van der Waals surface area contributed by atoms with E-state index in [1.807, 2.05) is 32.2 Å². The van der Waals surface area contributed by atoms with E-state index in [2.05, 4.69) is 50.4 Å². The number of nitrogens with one attached hydrogen (secondary N) is 1. The van der Waals surface area contributed by atoms with Crippen molar-refractivity contribution in [3.8, 4) is 17.0 Å². The zero-order valence-electron chi connectivity index (χ0n) is 22.3. The summed E-state index contributed by atoms with van der Waals surface area (Å²) in [6.07, 6.45) is 1.87. The molecule has 0 fully saturated rings. The third-order valence-corrected chi connectivity index (χ3v) is 8.49. The predicted octanol–water partition coefficient (Wildman–Crippen LogP) is 5.48. The van der Waals surface area contributed by atoms with Crippen LogP contribution in [0, 0.1) is 6.92 Å². The lowest BCUT2D eigenvalue weighted by Crippen LogP contribution is -2.30. The van der Waals surface area contributed by atoms with Crippen LogP contribution in [0.5, 0.6) is 5.75 Å². The molecule has 0 aliphatic carbocycles. The van der Waals surface area contributed by atoms with Crippen molar-refractivity contribution in [1.82, 2.24) is 18.9 Å². The van der Waals surface area contributed by atoms with Crippen molar-refractivity contribution in [2.45, 2.75) is 52.0 Å². The van der Waals surface area contributed by atoms with E-state index in [-0.39, 0.29) is 10.8 Å². The molecule has 1 N–H and O–H groups in total. The lowest BCUT2D eigenvalue weighted by molar-refractivity contribution is 0.395. The van der Waals surface area contributed by atoms with Gasteiger partial charge in [0, 0.05) is 37.0 Å². The average Bonchev–Trinajstić information content (AvgIpc) is 3.25. The molecule has 4 aromatic rings. The van der Waals surface area contributed by atoms with Crippen molar-refractivity contribution in [2.24, 2.45) is 0 Å². The number of fused-ring (bicyclic) bond motifs is 1. The Labute approximate surface area is 219 Å². The number of benzene rings is 2. The Hall–Kier alpha value is -3.43. The standard InChI is InChI=1S/C28H35N5O3S/c1-7-32(8-2)37(34,35)25-17-22(12-13-24(25)36-6)23-14-15-33-28(30-23)26(19(3)4)27(31-33)29-18-21-11-9-10-20(5)16-21/h9-17,19H,7-8,18H2,1-6H3,(H,29,31). The molecule has 0 saturated carbocycles. The first kappa shape index (κ1) is 26.6. The number of rotatable bonds is 10. The van der Waals surface area contributed by atoms with Crippen LogP contribution in [0.15, 0.2) is 59.6 Å². The highest BCUT2D eigenvalue weighted by atomic mass is 32.2. The molecule has 9 heteroatoms. The van der Waals surface area contributed by atoms with E-state index in [9.17, 15) is 8.42 Å². The van der Waals surface area contributed by atoms with Gasteiger partial charge < -0.3 is 10.1 Å². The van der Waals surface area contributed by atoms with E-state index < -0.39 is 10.0 Å². The largest absolute Gasteiger partial charge is 0.495 e. The first-order chi connectivity index (χ1) is 17.7. The topological polar surface area (TPSA) is 88.8 Å². The number of aryl methyl sites for hydroxylation is 1. The SMILES string of the molecule is CCN(CC)S(=O)(=O)c1cc(-c2ccn3nc(NCc4cccc(C)c4)c(C(C)C)c3n2)ccc1OC. The van der Waals surface area contributed by atoms with Gasteiger partial charge in [-0.3, -0.25) is 0 Å². The number of ether oxygens (including phenoxy) is 1. The van der Waals surface area contributed by atoms with Crippen molar-refractivity contribution in [2.75, 3.05) is 25.5 Å². The summed E-state index contributed by atoms with van der Waals surface area (Å²) in [5.41, 5.74) is 5.51. The summed E-state index contributed by atoms with van der Waals surface area (Å²) < 4.78 is 35.3.